The van der Waals surface area contributed by atoms with Crippen LogP contribution >= 0.6 is 0 Å². The van der Waals surface area contributed by atoms with Gasteiger partial charge >= 0.3 is 5.97 Å². The predicted octanol–water partition coefficient (Wildman–Crippen LogP) is 1.50. The largest absolute Gasteiger partial charge is 0.497 e. The van der Waals surface area contributed by atoms with Crippen molar-refractivity contribution in [1.82, 2.24) is 9.03 Å². The fourth-order valence-electron chi connectivity index (χ4n) is 2.97. The SMILES string of the molecule is COc1cc(OC)cc(C(=O)OCc2c(C)c(=O)n3c(=O)c(C)c(C)n23)c1. The highest BCUT2D eigenvalue weighted by atomic mass is 16.5. The normalized spacial score (nSPS) is 11.0. The lowest BCUT2D eigenvalue weighted by molar-refractivity contribution is 0.0464. The van der Waals surface area contributed by atoms with Crippen molar-refractivity contribution in [2.45, 2.75) is 27.4 Å². The van der Waals surface area contributed by atoms with Crippen molar-refractivity contribution >= 4 is 5.97 Å². The molecule has 0 unspecified atom stereocenters. The van der Waals surface area contributed by atoms with E-state index in [-0.39, 0.29) is 17.7 Å². The van der Waals surface area contributed by atoms with Gasteiger partial charge in [0.1, 0.15) is 18.1 Å². The zero-order valence-corrected chi connectivity index (χ0v) is 15.8. The fourth-order valence-corrected chi connectivity index (χ4v) is 2.97. The molecule has 2 aromatic heterocycles. The molecule has 0 fully saturated rings. The van der Waals surface area contributed by atoms with Crippen LogP contribution in [0.15, 0.2) is 27.8 Å². The Labute approximate surface area is 154 Å². The second-order valence-electron chi connectivity index (χ2n) is 6.19. The second kappa shape index (κ2) is 6.79. The van der Waals surface area contributed by atoms with Gasteiger partial charge in [-0.1, -0.05) is 0 Å². The number of aromatic nitrogens is 2. The Balaban J connectivity index is 1.95. The lowest BCUT2D eigenvalue weighted by Crippen LogP contribution is -2.23. The van der Waals surface area contributed by atoms with Gasteiger partial charge in [0, 0.05) is 22.9 Å². The van der Waals surface area contributed by atoms with Gasteiger partial charge in [-0.3, -0.25) is 9.59 Å². The first-order valence-corrected chi connectivity index (χ1v) is 8.26. The van der Waals surface area contributed by atoms with E-state index in [1.165, 1.54) is 30.9 Å². The molecule has 0 saturated heterocycles. The molecule has 0 atom stereocenters. The van der Waals surface area contributed by atoms with E-state index in [2.05, 4.69) is 0 Å². The molecule has 3 rings (SSSR count). The molecule has 0 radical (unpaired) electrons. The molecular weight excluding hydrogens is 352 g/mol. The molecule has 3 aromatic rings. The van der Waals surface area contributed by atoms with Crippen LogP contribution in [0, 0.1) is 20.8 Å². The number of carbonyl (C=O) groups excluding carboxylic acids is 1. The number of nitrogens with zero attached hydrogens (tertiary/aromatic N) is 2. The fraction of sp³-hybridized carbons (Fsp3) is 0.316. The number of ether oxygens (including phenoxy) is 3. The molecule has 142 valence electrons. The molecule has 1 aromatic carbocycles. The number of aryl methyl sites for hydroxylation is 1. The number of fused-ring (bicyclic) bond motifs is 1. The van der Waals surface area contributed by atoms with Crippen molar-refractivity contribution in [3.05, 3.63) is 67.0 Å². The lowest BCUT2D eigenvalue weighted by atomic mass is 10.2. The molecule has 0 aliphatic heterocycles. The number of benzene rings is 1. The first-order valence-electron chi connectivity index (χ1n) is 8.26. The van der Waals surface area contributed by atoms with E-state index in [4.69, 9.17) is 14.2 Å². The second-order valence-corrected chi connectivity index (χ2v) is 6.19. The summed E-state index contributed by atoms with van der Waals surface area (Å²) in [6, 6.07) is 4.71. The third-order valence-corrected chi connectivity index (χ3v) is 4.70. The smallest absolute Gasteiger partial charge is 0.338 e. The summed E-state index contributed by atoms with van der Waals surface area (Å²) in [7, 11) is 2.97. The van der Waals surface area contributed by atoms with Crippen LogP contribution in [0.25, 0.3) is 0 Å². The summed E-state index contributed by atoms with van der Waals surface area (Å²) in [5, 5.41) is 0. The first kappa shape index (κ1) is 18.5. The lowest BCUT2D eigenvalue weighted by Gasteiger charge is -2.09. The van der Waals surface area contributed by atoms with Gasteiger partial charge in [-0.05, 0) is 32.9 Å². The maximum atomic E-state index is 12.5. The number of hydrogen-bond donors (Lipinski definition) is 0. The number of rotatable bonds is 5. The minimum absolute atomic E-state index is 0.148. The summed E-state index contributed by atoms with van der Waals surface area (Å²) in [6.45, 7) is 4.86. The molecule has 0 bridgehead atoms. The minimum Gasteiger partial charge on any atom is -0.497 e. The molecule has 0 aliphatic rings. The highest BCUT2D eigenvalue weighted by Crippen LogP contribution is 2.23. The Morgan fingerprint density at radius 2 is 1.44 bits per heavy atom. The van der Waals surface area contributed by atoms with Crippen molar-refractivity contribution in [2.75, 3.05) is 14.2 Å². The average Bonchev–Trinajstić information content (AvgIpc) is 3.06. The Hall–Kier alpha value is -3.29. The van der Waals surface area contributed by atoms with Gasteiger partial charge in [0.25, 0.3) is 11.1 Å². The number of esters is 1. The first-order chi connectivity index (χ1) is 12.8. The van der Waals surface area contributed by atoms with Crippen molar-refractivity contribution in [3.63, 3.8) is 0 Å². The summed E-state index contributed by atoms with van der Waals surface area (Å²) < 4.78 is 18.3. The summed E-state index contributed by atoms with van der Waals surface area (Å²) in [5.74, 6) is 0.319. The maximum absolute atomic E-state index is 12.5. The molecule has 0 N–H and O–H groups in total. The van der Waals surface area contributed by atoms with Gasteiger partial charge in [-0.2, -0.15) is 4.52 Å². The molecule has 8 heteroatoms. The quantitative estimate of drug-likeness (QED) is 0.631. The standard InChI is InChI=1S/C19H20N2O6/c1-10-12(3)20-16(11(2)18(23)21(20)17(10)22)9-27-19(24)13-6-14(25-4)8-15(7-13)26-5/h6-8H,9H2,1-5H3. The topological polar surface area (TPSA) is 87.7 Å². The van der Waals surface area contributed by atoms with Crippen LogP contribution < -0.4 is 20.6 Å². The molecule has 27 heavy (non-hydrogen) atoms. The highest BCUT2D eigenvalue weighted by Gasteiger charge is 2.21. The van der Waals surface area contributed by atoms with Crippen molar-refractivity contribution in [3.8, 4) is 11.5 Å². The van der Waals surface area contributed by atoms with Crippen LogP contribution in [0.4, 0.5) is 0 Å². The summed E-state index contributed by atoms with van der Waals surface area (Å²) >= 11 is 0. The van der Waals surface area contributed by atoms with E-state index in [0.29, 0.717) is 34.0 Å². The molecule has 0 spiro atoms. The van der Waals surface area contributed by atoms with E-state index < -0.39 is 11.5 Å². The van der Waals surface area contributed by atoms with E-state index in [9.17, 15) is 14.4 Å². The number of hydrogen-bond acceptors (Lipinski definition) is 6. The van der Waals surface area contributed by atoms with Crippen LogP contribution in [0.1, 0.15) is 32.9 Å². The van der Waals surface area contributed by atoms with Gasteiger partial charge in [-0.25, -0.2) is 9.31 Å². The Morgan fingerprint density at radius 1 is 0.889 bits per heavy atom. The van der Waals surface area contributed by atoms with Gasteiger partial charge in [0.15, 0.2) is 0 Å². The van der Waals surface area contributed by atoms with Crippen molar-refractivity contribution < 1.29 is 19.0 Å². The summed E-state index contributed by atoms with van der Waals surface area (Å²) in [6.07, 6.45) is 0. The van der Waals surface area contributed by atoms with Crippen LogP contribution in [-0.4, -0.2) is 29.2 Å². The minimum atomic E-state index is -0.595. The molecule has 0 aliphatic carbocycles. The van der Waals surface area contributed by atoms with Crippen LogP contribution in [0.2, 0.25) is 0 Å². The van der Waals surface area contributed by atoms with Crippen LogP contribution in [0.3, 0.4) is 0 Å². The predicted molar refractivity (Wildman–Crippen MR) is 97.4 cm³/mol. The van der Waals surface area contributed by atoms with E-state index in [1.807, 2.05) is 0 Å². The zero-order chi connectivity index (χ0) is 19.9. The van der Waals surface area contributed by atoms with Crippen LogP contribution in [-0.2, 0) is 11.3 Å². The molecular formula is C19H20N2O6. The van der Waals surface area contributed by atoms with Crippen LogP contribution in [0.5, 0.6) is 11.5 Å². The van der Waals surface area contributed by atoms with E-state index in [0.717, 1.165) is 4.52 Å². The van der Waals surface area contributed by atoms with Gasteiger partial charge < -0.3 is 14.2 Å². The average molecular weight is 372 g/mol. The monoisotopic (exact) mass is 372 g/mol. The third kappa shape index (κ3) is 2.92. The van der Waals surface area contributed by atoms with Gasteiger partial charge in [0.2, 0.25) is 0 Å². The molecule has 0 saturated carbocycles. The third-order valence-electron chi connectivity index (χ3n) is 4.70. The Morgan fingerprint density at radius 3 is 2.00 bits per heavy atom. The Kier molecular flexibility index (Phi) is 4.65. The van der Waals surface area contributed by atoms with Crippen molar-refractivity contribution in [1.29, 1.82) is 0 Å². The van der Waals surface area contributed by atoms with Gasteiger partial charge in [0.05, 0.1) is 25.5 Å². The van der Waals surface area contributed by atoms with E-state index >= 15 is 0 Å². The zero-order valence-electron chi connectivity index (χ0n) is 15.8. The summed E-state index contributed by atoms with van der Waals surface area (Å²) in [4.78, 5) is 37.1. The van der Waals surface area contributed by atoms with E-state index in [1.54, 1.807) is 26.8 Å². The van der Waals surface area contributed by atoms with Gasteiger partial charge in [-0.15, -0.1) is 0 Å². The molecule has 2 heterocycles. The molecule has 0 amide bonds. The van der Waals surface area contributed by atoms with Crippen molar-refractivity contribution in [2.24, 2.45) is 0 Å². The summed E-state index contributed by atoms with van der Waals surface area (Å²) in [5.41, 5.74) is 1.43. The number of carbonyl (C=O) groups is 1. The Bertz CT molecular complexity index is 1120. The number of methoxy groups -OCH3 is 2. The molecule has 8 nitrogen and oxygen atoms in total. The highest BCUT2D eigenvalue weighted by molar-refractivity contribution is 5.90. The maximum Gasteiger partial charge on any atom is 0.338 e.